The van der Waals surface area contributed by atoms with Crippen molar-refractivity contribution in [2.75, 3.05) is 40.0 Å². The number of hydrogen-bond donors (Lipinski definition) is 2. The first-order valence-electron chi connectivity index (χ1n) is 27.6. The van der Waals surface area contributed by atoms with Gasteiger partial charge in [-0.05, 0) is 128 Å². The highest BCUT2D eigenvalue weighted by Gasteiger charge is 2.39. The Hall–Kier alpha value is -5.24. The van der Waals surface area contributed by atoms with E-state index in [9.17, 15) is 19.2 Å². The van der Waals surface area contributed by atoms with Crippen molar-refractivity contribution in [1.82, 2.24) is 20.4 Å². The highest BCUT2D eigenvalue weighted by molar-refractivity contribution is 8.00. The number of nitrogens with one attached hydrogen (secondary N) is 2. The number of methoxy groups -OCH3 is 1. The number of benzene rings is 3. The molecule has 0 bridgehead atoms. The lowest BCUT2D eigenvalue weighted by atomic mass is 9.73. The number of amides is 4. The highest BCUT2D eigenvalue weighted by Crippen LogP contribution is 2.49. The molecule has 2 N–H and O–H groups in total. The van der Waals surface area contributed by atoms with Gasteiger partial charge in [-0.3, -0.25) is 14.7 Å². The molecule has 1 aliphatic carbocycles. The van der Waals surface area contributed by atoms with Gasteiger partial charge < -0.3 is 29.6 Å². The van der Waals surface area contributed by atoms with E-state index in [0.717, 1.165) is 27.3 Å². The van der Waals surface area contributed by atoms with Gasteiger partial charge in [0.15, 0.2) is 0 Å². The van der Waals surface area contributed by atoms with Gasteiger partial charge in [-0.1, -0.05) is 151 Å². The first-order valence-corrected chi connectivity index (χ1v) is 28.6. The third kappa shape index (κ3) is 20.3. The first-order chi connectivity index (χ1) is 35.4. The molecule has 416 valence electrons. The molecule has 4 amide bonds. The fourth-order valence-corrected chi connectivity index (χ4v) is 11.1. The van der Waals surface area contributed by atoms with Crippen LogP contribution in [0.1, 0.15) is 194 Å². The SMILES string of the molecule is CN=C(N(C)C(=O)OC(C)(C)C)N(CCCC(NC(=O)OC(C)(C)C)C(=O)NCCSC(c1ccccc1)(c1ccc(OC)cc1)c1ccc(C2(C)CCCCCCCCCCCCCC2)cc1)C(=O)OC(C)(C)C. The summed E-state index contributed by atoms with van der Waals surface area (Å²) >= 11 is 1.74. The zero-order valence-electron chi connectivity index (χ0n) is 48.0. The van der Waals surface area contributed by atoms with Crippen molar-refractivity contribution in [2.24, 2.45) is 4.99 Å². The molecule has 75 heavy (non-hydrogen) atoms. The van der Waals surface area contributed by atoms with Crippen LogP contribution < -0.4 is 15.4 Å². The molecule has 1 fully saturated rings. The van der Waals surface area contributed by atoms with Crippen LogP contribution in [0.15, 0.2) is 83.9 Å². The maximum absolute atomic E-state index is 14.4. The Labute approximate surface area is 455 Å². The number of aliphatic imine (C=N–C) groups is 1. The van der Waals surface area contributed by atoms with Crippen molar-refractivity contribution in [3.05, 3.63) is 101 Å². The van der Waals surface area contributed by atoms with E-state index in [0.29, 0.717) is 5.75 Å². The second kappa shape index (κ2) is 29.3. The maximum Gasteiger partial charge on any atom is 0.417 e. The summed E-state index contributed by atoms with van der Waals surface area (Å²) in [5.74, 6) is 0.852. The van der Waals surface area contributed by atoms with Crippen LogP contribution in [-0.4, -0.2) is 103 Å². The Morgan fingerprint density at radius 1 is 0.653 bits per heavy atom. The molecule has 13 nitrogen and oxygen atoms in total. The number of guanidine groups is 1. The number of rotatable bonds is 15. The fraction of sp³-hybridized carbons (Fsp3) is 0.623. The van der Waals surface area contributed by atoms with Crippen molar-refractivity contribution in [1.29, 1.82) is 0 Å². The Kier molecular flexibility index (Phi) is 24.4. The van der Waals surface area contributed by atoms with Crippen molar-refractivity contribution in [3.63, 3.8) is 0 Å². The quantitative estimate of drug-likeness (QED) is 0.0499. The number of thioether (sulfide) groups is 1. The summed E-state index contributed by atoms with van der Waals surface area (Å²) in [6.45, 7) is 18.5. The Morgan fingerprint density at radius 3 is 1.60 bits per heavy atom. The van der Waals surface area contributed by atoms with Gasteiger partial charge in [0, 0.05) is 32.9 Å². The molecule has 0 spiro atoms. The molecule has 3 aromatic rings. The molecule has 14 heteroatoms. The van der Waals surface area contributed by atoms with Gasteiger partial charge in [-0.25, -0.2) is 19.3 Å². The van der Waals surface area contributed by atoms with Gasteiger partial charge in [0.2, 0.25) is 11.9 Å². The number of alkyl carbamates (subject to hydrolysis) is 1. The molecule has 0 heterocycles. The van der Waals surface area contributed by atoms with Crippen LogP contribution in [-0.2, 0) is 29.2 Å². The highest BCUT2D eigenvalue weighted by atomic mass is 32.2. The summed E-state index contributed by atoms with van der Waals surface area (Å²) in [4.78, 5) is 61.4. The Balaban J connectivity index is 1.64. The molecule has 0 aliphatic heterocycles. The summed E-state index contributed by atoms with van der Waals surface area (Å²) < 4.78 is 21.9. The van der Waals surface area contributed by atoms with Gasteiger partial charge in [0.1, 0.15) is 28.6 Å². The average Bonchev–Trinajstić information content (AvgIpc) is 3.35. The summed E-state index contributed by atoms with van der Waals surface area (Å²) in [5, 5.41) is 5.92. The lowest BCUT2D eigenvalue weighted by Crippen LogP contribution is -2.52. The number of carbonyl (C=O) groups is 4. The van der Waals surface area contributed by atoms with E-state index in [4.69, 9.17) is 18.9 Å². The fourth-order valence-electron chi connectivity index (χ4n) is 9.70. The Bertz CT molecular complexity index is 2240. The maximum atomic E-state index is 14.4. The molecular weight excluding hydrogens is 963 g/mol. The van der Waals surface area contributed by atoms with Crippen LogP contribution in [0, 0.1) is 0 Å². The molecule has 0 radical (unpaired) electrons. The summed E-state index contributed by atoms with van der Waals surface area (Å²) in [6, 6.07) is 27.1. The van der Waals surface area contributed by atoms with Crippen LogP contribution >= 0.6 is 11.8 Å². The van der Waals surface area contributed by atoms with Gasteiger partial charge in [0.25, 0.3) is 0 Å². The molecule has 4 rings (SSSR count). The number of nitrogens with zero attached hydrogens (tertiary/aromatic N) is 3. The van der Waals surface area contributed by atoms with Crippen molar-refractivity contribution < 1.29 is 38.1 Å². The predicted molar refractivity (Wildman–Crippen MR) is 306 cm³/mol. The van der Waals surface area contributed by atoms with Crippen LogP contribution in [0.3, 0.4) is 0 Å². The van der Waals surface area contributed by atoms with E-state index < -0.39 is 51.8 Å². The zero-order valence-corrected chi connectivity index (χ0v) is 48.9. The third-order valence-electron chi connectivity index (χ3n) is 13.5. The Morgan fingerprint density at radius 2 is 1.12 bits per heavy atom. The molecule has 0 saturated heterocycles. The smallest absolute Gasteiger partial charge is 0.417 e. The van der Waals surface area contributed by atoms with Crippen LogP contribution in [0.25, 0.3) is 0 Å². The van der Waals surface area contributed by atoms with Crippen LogP contribution in [0.5, 0.6) is 5.75 Å². The lowest BCUT2D eigenvalue weighted by molar-refractivity contribution is -0.123. The molecule has 1 aliphatic rings. The number of hydrogen-bond acceptors (Lipinski definition) is 10. The van der Waals surface area contributed by atoms with E-state index in [2.05, 4.69) is 83.2 Å². The van der Waals surface area contributed by atoms with Crippen molar-refractivity contribution >= 4 is 41.9 Å². The van der Waals surface area contributed by atoms with Crippen LogP contribution in [0.4, 0.5) is 14.4 Å². The van der Waals surface area contributed by atoms with Gasteiger partial charge in [-0.15, -0.1) is 11.8 Å². The topological polar surface area (TPSA) is 148 Å². The average molecular weight is 1060 g/mol. The van der Waals surface area contributed by atoms with E-state index in [-0.39, 0.29) is 37.3 Å². The van der Waals surface area contributed by atoms with E-state index >= 15 is 0 Å². The predicted octanol–water partition coefficient (Wildman–Crippen LogP) is 14.3. The largest absolute Gasteiger partial charge is 0.497 e. The molecule has 1 saturated carbocycles. The minimum atomic E-state index is -1.04. The molecule has 0 aromatic heterocycles. The van der Waals surface area contributed by atoms with Gasteiger partial charge in [0.05, 0.1) is 11.9 Å². The van der Waals surface area contributed by atoms with E-state index in [1.807, 2.05) is 18.2 Å². The number of ether oxygens (including phenoxy) is 4. The zero-order chi connectivity index (χ0) is 55.3. The van der Waals surface area contributed by atoms with Crippen molar-refractivity contribution in [3.8, 4) is 5.75 Å². The normalized spacial score (nSPS) is 16.6. The summed E-state index contributed by atoms with van der Waals surface area (Å²) in [5.41, 5.74) is 2.28. The molecule has 2 atom stereocenters. The monoisotopic (exact) mass is 1060 g/mol. The number of carbonyl (C=O) groups excluding carboxylic acids is 4. The lowest BCUT2D eigenvalue weighted by Gasteiger charge is -2.37. The summed E-state index contributed by atoms with van der Waals surface area (Å²) in [6.07, 6.45) is 16.3. The van der Waals surface area contributed by atoms with Gasteiger partial charge >= 0.3 is 18.3 Å². The van der Waals surface area contributed by atoms with Crippen LogP contribution in [0.2, 0.25) is 0 Å². The van der Waals surface area contributed by atoms with E-state index in [1.54, 1.807) is 81.2 Å². The summed E-state index contributed by atoms with van der Waals surface area (Å²) in [7, 11) is 4.61. The van der Waals surface area contributed by atoms with E-state index in [1.165, 1.54) is 114 Å². The second-order valence-electron chi connectivity index (χ2n) is 23.3. The first kappa shape index (κ1) is 62.3. The minimum absolute atomic E-state index is 0.00321. The standard InChI is InChI=1S/C61H93N5O8S/c1-57(2,3)72-54(68)64-51(32-29-44-66(56(70)74-59(7,8)9)53(62-11)65(12)55(69)73-58(4,5)6)52(67)63-43-45-75-61(47-30-25-24-26-31-47,49-37-39-50(71-13)40-38-49)48-35-33-46(34-36-48)60(10)41-27-22-20-18-16-14-15-17-19-21-23-28-42-60/h24-26,30-31,33-40,51H,14-23,27-29,32,41-45H2,1-13H3,(H,63,67)(H,64,68). The second-order valence-corrected chi connectivity index (χ2v) is 24.6. The molecule has 2 unspecified atom stereocenters. The van der Waals surface area contributed by atoms with Gasteiger partial charge in [-0.2, -0.15) is 0 Å². The molecule has 3 aromatic carbocycles. The molecular formula is C61H93N5O8S. The minimum Gasteiger partial charge on any atom is -0.497 e. The van der Waals surface area contributed by atoms with Crippen molar-refractivity contribution in [2.45, 2.75) is 205 Å². The third-order valence-corrected chi connectivity index (χ3v) is 15.0.